The second kappa shape index (κ2) is 7.16. The predicted octanol–water partition coefficient (Wildman–Crippen LogP) is 4.17. The predicted molar refractivity (Wildman–Crippen MR) is 78.6 cm³/mol. The van der Waals surface area contributed by atoms with Gasteiger partial charge in [0.2, 0.25) is 0 Å². The van der Waals surface area contributed by atoms with Crippen LogP contribution in [0, 0.1) is 29.4 Å². The first-order valence-corrected chi connectivity index (χ1v) is 7.71. The molecule has 1 aliphatic rings. The third-order valence-corrected chi connectivity index (χ3v) is 4.29. The minimum atomic E-state index is -0.727. The molecule has 20 heavy (non-hydrogen) atoms. The van der Waals surface area contributed by atoms with Gasteiger partial charge in [-0.05, 0) is 61.7 Å². The fourth-order valence-corrected chi connectivity index (χ4v) is 3.20. The Balaban J connectivity index is 1.92. The Morgan fingerprint density at radius 2 is 1.95 bits per heavy atom. The topological polar surface area (TPSA) is 12.0 Å². The van der Waals surface area contributed by atoms with Crippen molar-refractivity contribution < 1.29 is 8.78 Å². The van der Waals surface area contributed by atoms with E-state index in [1.54, 1.807) is 12.1 Å². The number of halogens is 2. The maximum Gasteiger partial charge on any atom is 0.162 e. The summed E-state index contributed by atoms with van der Waals surface area (Å²) in [5.74, 6) is 0.334. The minimum absolute atomic E-state index is 0.478. The molecule has 112 valence electrons. The highest BCUT2D eigenvalue weighted by Gasteiger charge is 2.28. The lowest BCUT2D eigenvalue weighted by Gasteiger charge is -2.21. The fourth-order valence-electron chi connectivity index (χ4n) is 3.20. The van der Waals surface area contributed by atoms with Crippen molar-refractivity contribution in [3.8, 4) is 0 Å². The Bertz CT molecular complexity index is 431. The van der Waals surface area contributed by atoms with Crippen LogP contribution in [0.1, 0.15) is 38.7 Å². The monoisotopic (exact) mass is 281 g/mol. The van der Waals surface area contributed by atoms with Gasteiger partial charge >= 0.3 is 0 Å². The molecule has 2 atom stereocenters. The molecule has 2 unspecified atom stereocenters. The van der Waals surface area contributed by atoms with E-state index < -0.39 is 11.6 Å². The summed E-state index contributed by atoms with van der Waals surface area (Å²) in [7, 11) is 0. The van der Waals surface area contributed by atoms with Gasteiger partial charge in [0.1, 0.15) is 0 Å². The Labute approximate surface area is 120 Å². The largest absolute Gasteiger partial charge is 0.316 e. The second-order valence-electron chi connectivity index (χ2n) is 6.42. The normalized spacial score (nSPS) is 22.6. The molecule has 0 aliphatic heterocycles. The number of hydrogen-bond donors (Lipinski definition) is 1. The highest BCUT2D eigenvalue weighted by Crippen LogP contribution is 2.34. The quantitative estimate of drug-likeness (QED) is 0.825. The molecule has 0 aromatic heterocycles. The van der Waals surface area contributed by atoms with Crippen LogP contribution >= 0.6 is 0 Å². The van der Waals surface area contributed by atoms with Gasteiger partial charge in [-0.25, -0.2) is 8.78 Å². The third kappa shape index (κ3) is 4.02. The van der Waals surface area contributed by atoms with Crippen LogP contribution in [0.15, 0.2) is 18.2 Å². The van der Waals surface area contributed by atoms with Crippen LogP contribution in [0.4, 0.5) is 8.78 Å². The van der Waals surface area contributed by atoms with E-state index >= 15 is 0 Å². The summed E-state index contributed by atoms with van der Waals surface area (Å²) in [4.78, 5) is 0. The summed E-state index contributed by atoms with van der Waals surface area (Å²) in [6.45, 7) is 6.42. The summed E-state index contributed by atoms with van der Waals surface area (Å²) < 4.78 is 27.0. The molecular weight excluding hydrogens is 256 g/mol. The van der Waals surface area contributed by atoms with E-state index in [-0.39, 0.29) is 0 Å². The first-order valence-electron chi connectivity index (χ1n) is 7.71. The van der Waals surface area contributed by atoms with Crippen LogP contribution in [0.3, 0.4) is 0 Å². The molecule has 1 aromatic carbocycles. The maximum absolute atomic E-state index is 13.7. The number of benzene rings is 1. The van der Waals surface area contributed by atoms with Gasteiger partial charge in [-0.1, -0.05) is 32.4 Å². The molecule has 0 amide bonds. The number of nitrogens with one attached hydrogen (secondary N) is 1. The second-order valence-corrected chi connectivity index (χ2v) is 6.42. The van der Waals surface area contributed by atoms with E-state index in [9.17, 15) is 8.78 Å². The number of hydrogen-bond acceptors (Lipinski definition) is 1. The lowest BCUT2D eigenvalue weighted by atomic mass is 9.89. The first-order chi connectivity index (χ1) is 9.58. The lowest BCUT2D eigenvalue weighted by molar-refractivity contribution is 0.352. The fraction of sp³-hybridized carbons (Fsp3) is 0.647. The highest BCUT2D eigenvalue weighted by molar-refractivity contribution is 5.19. The molecule has 0 bridgehead atoms. The Morgan fingerprint density at radius 3 is 2.70 bits per heavy atom. The van der Waals surface area contributed by atoms with Crippen LogP contribution in [0.25, 0.3) is 0 Å². The van der Waals surface area contributed by atoms with E-state index in [0.717, 1.165) is 19.5 Å². The lowest BCUT2D eigenvalue weighted by Crippen LogP contribution is -2.29. The maximum atomic E-state index is 13.7. The standard InChI is InChI=1S/C17H25F2N/c1-12(2)10-20-11-15-7-3-5-13(15)9-14-6-4-8-16(18)17(14)19/h4,6,8,12-13,15,20H,3,5,7,9-11H2,1-2H3. The van der Waals surface area contributed by atoms with Crippen molar-refractivity contribution in [1.29, 1.82) is 0 Å². The molecule has 1 nitrogen and oxygen atoms in total. The highest BCUT2D eigenvalue weighted by atomic mass is 19.2. The average Bonchev–Trinajstić information content (AvgIpc) is 2.82. The summed E-state index contributed by atoms with van der Waals surface area (Å²) in [5, 5.41) is 3.50. The molecular formula is C17H25F2N. The zero-order valence-electron chi connectivity index (χ0n) is 12.5. The van der Waals surface area contributed by atoms with Crippen molar-refractivity contribution in [3.63, 3.8) is 0 Å². The SMILES string of the molecule is CC(C)CNCC1CCCC1Cc1cccc(F)c1F. The van der Waals surface area contributed by atoms with Gasteiger partial charge < -0.3 is 5.32 Å². The van der Waals surface area contributed by atoms with Gasteiger partial charge in [0, 0.05) is 0 Å². The Morgan fingerprint density at radius 1 is 1.20 bits per heavy atom. The van der Waals surface area contributed by atoms with Gasteiger partial charge in [-0.3, -0.25) is 0 Å². The molecule has 0 saturated heterocycles. The van der Waals surface area contributed by atoms with Crippen LogP contribution in [-0.4, -0.2) is 13.1 Å². The summed E-state index contributed by atoms with van der Waals surface area (Å²) in [6, 6.07) is 4.51. The van der Waals surface area contributed by atoms with Crippen molar-refractivity contribution in [2.75, 3.05) is 13.1 Å². The molecule has 1 saturated carbocycles. The summed E-state index contributed by atoms with van der Waals surface area (Å²) in [6.07, 6.45) is 4.20. The third-order valence-electron chi connectivity index (χ3n) is 4.29. The van der Waals surface area contributed by atoms with Crippen molar-refractivity contribution in [2.45, 2.75) is 39.5 Å². The number of rotatable bonds is 6. The van der Waals surface area contributed by atoms with Crippen LogP contribution in [0.2, 0.25) is 0 Å². The van der Waals surface area contributed by atoms with E-state index in [4.69, 9.17) is 0 Å². The molecule has 2 rings (SSSR count). The molecule has 0 spiro atoms. The van der Waals surface area contributed by atoms with Crippen LogP contribution < -0.4 is 5.32 Å². The first kappa shape index (κ1) is 15.4. The van der Waals surface area contributed by atoms with Gasteiger partial charge in [0.05, 0.1) is 0 Å². The molecule has 1 aliphatic carbocycles. The molecule has 1 aromatic rings. The minimum Gasteiger partial charge on any atom is -0.316 e. The average molecular weight is 281 g/mol. The van der Waals surface area contributed by atoms with Gasteiger partial charge in [0.15, 0.2) is 11.6 Å². The summed E-state index contributed by atoms with van der Waals surface area (Å²) in [5.41, 5.74) is 0.533. The van der Waals surface area contributed by atoms with Gasteiger partial charge in [0.25, 0.3) is 0 Å². The van der Waals surface area contributed by atoms with Crippen LogP contribution in [-0.2, 0) is 6.42 Å². The summed E-state index contributed by atoms with van der Waals surface area (Å²) >= 11 is 0. The van der Waals surface area contributed by atoms with E-state index in [2.05, 4.69) is 19.2 Å². The molecule has 1 N–H and O–H groups in total. The molecule has 0 radical (unpaired) electrons. The Kier molecular flexibility index (Phi) is 5.53. The smallest absolute Gasteiger partial charge is 0.162 e. The van der Waals surface area contributed by atoms with Crippen LogP contribution in [0.5, 0.6) is 0 Å². The zero-order chi connectivity index (χ0) is 14.5. The van der Waals surface area contributed by atoms with Crippen molar-refractivity contribution in [1.82, 2.24) is 5.32 Å². The van der Waals surface area contributed by atoms with E-state index in [1.165, 1.54) is 18.9 Å². The Hall–Kier alpha value is -0.960. The van der Waals surface area contributed by atoms with Crippen molar-refractivity contribution >= 4 is 0 Å². The molecule has 0 heterocycles. The van der Waals surface area contributed by atoms with Crippen molar-refractivity contribution in [3.05, 3.63) is 35.4 Å². The van der Waals surface area contributed by atoms with Gasteiger partial charge in [-0.15, -0.1) is 0 Å². The molecule has 1 fully saturated rings. The molecule has 3 heteroatoms. The van der Waals surface area contributed by atoms with E-state index in [1.807, 2.05) is 0 Å². The van der Waals surface area contributed by atoms with E-state index in [0.29, 0.717) is 29.7 Å². The van der Waals surface area contributed by atoms with Crippen molar-refractivity contribution in [2.24, 2.45) is 17.8 Å². The van der Waals surface area contributed by atoms with Gasteiger partial charge in [-0.2, -0.15) is 0 Å². The zero-order valence-corrected chi connectivity index (χ0v) is 12.5.